The summed E-state index contributed by atoms with van der Waals surface area (Å²) in [6, 6.07) is 0. The first-order chi connectivity index (χ1) is 13.0. The first-order valence-electron chi connectivity index (χ1n) is 9.02. The van der Waals surface area contributed by atoms with Crippen molar-refractivity contribution in [2.45, 2.75) is 39.5 Å². The van der Waals surface area contributed by atoms with Crippen LogP contribution in [0.2, 0.25) is 0 Å². The lowest BCUT2D eigenvalue weighted by Crippen LogP contribution is -2.37. The second-order valence-corrected chi connectivity index (χ2v) is 6.51. The SMILES string of the molecule is CCOC(=O)c1cnc(CC2C=CCCC2)nc1NN1C(=O)C=C(C)C1=O. The molecule has 1 aromatic heterocycles. The van der Waals surface area contributed by atoms with Gasteiger partial charge in [-0.1, -0.05) is 12.2 Å². The molecule has 8 nitrogen and oxygen atoms in total. The number of allylic oxidation sites excluding steroid dienone is 2. The van der Waals surface area contributed by atoms with Crippen molar-refractivity contribution in [2.75, 3.05) is 12.0 Å². The van der Waals surface area contributed by atoms with Gasteiger partial charge in [0.2, 0.25) is 0 Å². The molecule has 8 heteroatoms. The molecule has 1 aromatic rings. The van der Waals surface area contributed by atoms with Gasteiger partial charge in [-0.3, -0.25) is 15.0 Å². The Morgan fingerprint density at radius 2 is 2.22 bits per heavy atom. The molecule has 1 aliphatic carbocycles. The fourth-order valence-corrected chi connectivity index (χ4v) is 3.05. The van der Waals surface area contributed by atoms with Crippen LogP contribution in [0.1, 0.15) is 49.3 Å². The van der Waals surface area contributed by atoms with Gasteiger partial charge in [-0.25, -0.2) is 14.8 Å². The zero-order chi connectivity index (χ0) is 19.4. The number of nitrogens with one attached hydrogen (secondary N) is 1. The molecule has 3 rings (SSSR count). The summed E-state index contributed by atoms with van der Waals surface area (Å²) in [4.78, 5) is 45.0. The molecule has 0 spiro atoms. The van der Waals surface area contributed by atoms with E-state index in [1.165, 1.54) is 12.3 Å². The van der Waals surface area contributed by atoms with Crippen molar-refractivity contribution in [1.29, 1.82) is 0 Å². The highest BCUT2D eigenvalue weighted by Crippen LogP contribution is 2.23. The Morgan fingerprint density at radius 3 is 2.85 bits per heavy atom. The zero-order valence-corrected chi connectivity index (χ0v) is 15.4. The van der Waals surface area contributed by atoms with Crippen LogP contribution in [-0.4, -0.2) is 39.4 Å². The number of hydrogen-bond donors (Lipinski definition) is 1. The van der Waals surface area contributed by atoms with Crippen molar-refractivity contribution in [3.8, 4) is 0 Å². The molecule has 0 radical (unpaired) electrons. The van der Waals surface area contributed by atoms with Crippen molar-refractivity contribution in [1.82, 2.24) is 15.0 Å². The summed E-state index contributed by atoms with van der Waals surface area (Å²) in [5, 5.41) is 0.838. The Bertz CT molecular complexity index is 831. The smallest absolute Gasteiger partial charge is 0.343 e. The van der Waals surface area contributed by atoms with Crippen molar-refractivity contribution in [3.05, 3.63) is 41.4 Å². The van der Waals surface area contributed by atoms with E-state index in [4.69, 9.17) is 4.74 Å². The number of nitrogens with zero attached hydrogens (tertiary/aromatic N) is 3. The molecule has 27 heavy (non-hydrogen) atoms. The standard InChI is InChI=1S/C19H22N4O4/c1-3-27-19(26)14-11-20-15(10-13-7-5-4-6-8-13)21-17(14)22-23-16(24)9-12(2)18(23)25/h5,7,9,11,13H,3-4,6,8,10H2,1-2H3,(H,20,21,22). The molecular weight excluding hydrogens is 348 g/mol. The second-order valence-electron chi connectivity index (χ2n) is 6.51. The molecule has 0 saturated heterocycles. The van der Waals surface area contributed by atoms with Crippen LogP contribution in [0.15, 0.2) is 30.0 Å². The summed E-state index contributed by atoms with van der Waals surface area (Å²) in [6.45, 7) is 3.43. The molecule has 0 saturated carbocycles. The molecular formula is C19H22N4O4. The van der Waals surface area contributed by atoms with Crippen LogP contribution in [-0.2, 0) is 20.7 Å². The number of anilines is 1. The Labute approximate surface area is 157 Å². The average Bonchev–Trinajstić information content (AvgIpc) is 2.89. The monoisotopic (exact) mass is 370 g/mol. The predicted octanol–water partition coefficient (Wildman–Crippen LogP) is 2.19. The van der Waals surface area contributed by atoms with E-state index in [-0.39, 0.29) is 18.0 Å². The van der Waals surface area contributed by atoms with Crippen molar-refractivity contribution >= 4 is 23.6 Å². The minimum atomic E-state index is -0.618. The maximum Gasteiger partial charge on any atom is 0.343 e. The Kier molecular flexibility index (Phi) is 5.63. The highest BCUT2D eigenvalue weighted by atomic mass is 16.5. The fraction of sp³-hybridized carbons (Fsp3) is 0.421. The summed E-state index contributed by atoms with van der Waals surface area (Å²) >= 11 is 0. The van der Waals surface area contributed by atoms with Crippen molar-refractivity contribution < 1.29 is 19.1 Å². The number of imide groups is 1. The van der Waals surface area contributed by atoms with E-state index in [1.54, 1.807) is 13.8 Å². The number of rotatable bonds is 6. The third-order valence-electron chi connectivity index (χ3n) is 4.45. The molecule has 2 amide bonds. The Hall–Kier alpha value is -3.03. The van der Waals surface area contributed by atoms with Gasteiger partial charge in [0, 0.05) is 24.3 Å². The lowest BCUT2D eigenvalue weighted by Gasteiger charge is -2.19. The quantitative estimate of drug-likeness (QED) is 0.465. The van der Waals surface area contributed by atoms with Gasteiger partial charge in [0.05, 0.1) is 6.61 Å². The van der Waals surface area contributed by atoms with Gasteiger partial charge >= 0.3 is 5.97 Å². The van der Waals surface area contributed by atoms with Crippen LogP contribution in [0.5, 0.6) is 0 Å². The first-order valence-corrected chi connectivity index (χ1v) is 9.02. The molecule has 1 aliphatic heterocycles. The van der Waals surface area contributed by atoms with Gasteiger partial charge in [0.1, 0.15) is 11.4 Å². The fourth-order valence-electron chi connectivity index (χ4n) is 3.05. The summed E-state index contributed by atoms with van der Waals surface area (Å²) in [5.41, 5.74) is 3.05. The number of carbonyl (C=O) groups excluding carboxylic acids is 3. The summed E-state index contributed by atoms with van der Waals surface area (Å²) in [7, 11) is 0. The number of amides is 2. The van der Waals surface area contributed by atoms with Crippen LogP contribution in [0.4, 0.5) is 5.82 Å². The molecule has 1 unspecified atom stereocenters. The maximum atomic E-state index is 12.2. The molecule has 0 bridgehead atoms. The van der Waals surface area contributed by atoms with E-state index in [0.29, 0.717) is 23.7 Å². The van der Waals surface area contributed by atoms with E-state index in [1.807, 2.05) is 0 Å². The minimum absolute atomic E-state index is 0.0740. The maximum absolute atomic E-state index is 12.2. The van der Waals surface area contributed by atoms with E-state index in [2.05, 4.69) is 27.5 Å². The number of aromatic nitrogens is 2. The lowest BCUT2D eigenvalue weighted by molar-refractivity contribution is -0.135. The Balaban J connectivity index is 1.87. The number of ether oxygens (including phenoxy) is 1. The molecule has 142 valence electrons. The predicted molar refractivity (Wildman–Crippen MR) is 97.4 cm³/mol. The Morgan fingerprint density at radius 1 is 1.41 bits per heavy atom. The first kappa shape index (κ1) is 18.8. The van der Waals surface area contributed by atoms with E-state index in [0.717, 1.165) is 24.3 Å². The number of carbonyl (C=O) groups is 3. The molecule has 1 N–H and O–H groups in total. The average molecular weight is 370 g/mol. The second kappa shape index (κ2) is 8.11. The van der Waals surface area contributed by atoms with Crippen molar-refractivity contribution in [3.63, 3.8) is 0 Å². The van der Waals surface area contributed by atoms with Gasteiger partial charge in [-0.15, -0.1) is 0 Å². The molecule has 2 heterocycles. The van der Waals surface area contributed by atoms with E-state index < -0.39 is 17.8 Å². The van der Waals surface area contributed by atoms with E-state index in [9.17, 15) is 14.4 Å². The summed E-state index contributed by atoms with van der Waals surface area (Å²) in [6.07, 6.45) is 10.8. The van der Waals surface area contributed by atoms with Crippen LogP contribution in [0.25, 0.3) is 0 Å². The largest absolute Gasteiger partial charge is 0.462 e. The van der Waals surface area contributed by atoms with Crippen LogP contribution >= 0.6 is 0 Å². The number of hydrogen-bond acceptors (Lipinski definition) is 7. The lowest BCUT2D eigenvalue weighted by atomic mass is 9.93. The third-order valence-corrected chi connectivity index (χ3v) is 4.45. The number of esters is 1. The molecule has 0 aromatic carbocycles. The normalized spacial score (nSPS) is 19.3. The molecule has 0 fully saturated rings. The van der Waals surface area contributed by atoms with Crippen LogP contribution < -0.4 is 5.43 Å². The van der Waals surface area contributed by atoms with Gasteiger partial charge in [-0.2, -0.15) is 5.01 Å². The topological polar surface area (TPSA) is 101 Å². The van der Waals surface area contributed by atoms with Gasteiger partial charge in [-0.05, 0) is 39.0 Å². The zero-order valence-electron chi connectivity index (χ0n) is 15.4. The van der Waals surface area contributed by atoms with Crippen LogP contribution in [0, 0.1) is 5.92 Å². The van der Waals surface area contributed by atoms with Crippen molar-refractivity contribution in [2.24, 2.45) is 5.92 Å². The van der Waals surface area contributed by atoms with Gasteiger partial charge < -0.3 is 4.74 Å². The third kappa shape index (κ3) is 4.21. The highest BCUT2D eigenvalue weighted by molar-refractivity contribution is 6.16. The summed E-state index contributed by atoms with van der Waals surface area (Å²) < 4.78 is 5.03. The van der Waals surface area contributed by atoms with Crippen LogP contribution in [0.3, 0.4) is 0 Å². The number of hydrazine groups is 1. The van der Waals surface area contributed by atoms with Gasteiger partial charge in [0.15, 0.2) is 5.82 Å². The van der Waals surface area contributed by atoms with E-state index >= 15 is 0 Å². The summed E-state index contributed by atoms with van der Waals surface area (Å²) in [5.74, 6) is -0.659. The molecule has 2 aliphatic rings. The van der Waals surface area contributed by atoms with Gasteiger partial charge in [0.25, 0.3) is 11.8 Å². The molecule has 1 atom stereocenters. The minimum Gasteiger partial charge on any atom is -0.462 e. The highest BCUT2D eigenvalue weighted by Gasteiger charge is 2.30.